The third kappa shape index (κ3) is 44.2. The fourth-order valence-electron chi connectivity index (χ4n) is 13.0. The maximum absolute atomic E-state index is 14.9. The molecule has 0 radical (unpaired) electrons. The fourth-order valence-corrected chi connectivity index (χ4v) is 13.0. The molecule has 692 valence electrons. The molecule has 24 N–H and O–H groups in total. The molecule has 1 rings (SSSR count). The topological polar surface area (TPSA) is 664 Å². The van der Waals surface area contributed by atoms with Gasteiger partial charge in [0.05, 0.1) is 12.5 Å². The quantitative estimate of drug-likeness (QED) is 0.0230. The summed E-state index contributed by atoms with van der Waals surface area (Å²) in [4.78, 5) is 277. The predicted molar refractivity (Wildman–Crippen MR) is 445 cm³/mol. The van der Waals surface area contributed by atoms with Crippen LogP contribution in [-0.2, 0) is 101 Å². The van der Waals surface area contributed by atoms with Crippen LogP contribution in [0.15, 0.2) is 0 Å². The van der Waals surface area contributed by atoms with Gasteiger partial charge in [-0.15, -0.1) is 0 Å². The average Bonchev–Trinajstić information content (AvgIpc) is 0.922. The molecule has 122 heavy (non-hydrogen) atoms. The van der Waals surface area contributed by atoms with Crippen LogP contribution in [0, 0.1) is 41.4 Å². The Hall–Kier alpha value is -10.6. The van der Waals surface area contributed by atoms with Crippen LogP contribution in [-0.4, -0.2) is 226 Å². The van der Waals surface area contributed by atoms with Crippen molar-refractivity contribution in [1.29, 1.82) is 0 Å². The number of hydrogen-bond donors (Lipinski definition) is 20. The first kappa shape index (κ1) is 109. The van der Waals surface area contributed by atoms with E-state index in [1.54, 1.807) is 69.2 Å². The van der Waals surface area contributed by atoms with E-state index in [1.165, 1.54) is 27.7 Å². The molecule has 1 heterocycles. The first-order valence-electron chi connectivity index (χ1n) is 42.3. The number of hydrogen-bond acceptors (Lipinski definition) is 22. The molecule has 0 aromatic rings. The smallest absolute Gasteiger partial charge is 0.328 e. The Labute approximate surface area is 714 Å². The van der Waals surface area contributed by atoms with E-state index in [0.717, 1.165) is 32.6 Å². The minimum atomic E-state index is -2.10. The maximum Gasteiger partial charge on any atom is 0.328 e. The van der Waals surface area contributed by atoms with Crippen LogP contribution in [0.2, 0.25) is 0 Å². The molecule has 0 aromatic carbocycles. The van der Waals surface area contributed by atoms with Gasteiger partial charge in [0.25, 0.3) is 0 Å². The van der Waals surface area contributed by atoms with E-state index in [-0.39, 0.29) is 62.2 Å². The molecule has 15 atom stereocenters. The van der Waals surface area contributed by atoms with Crippen molar-refractivity contribution in [1.82, 2.24) is 74.4 Å². The van der Waals surface area contributed by atoms with Crippen LogP contribution in [0.3, 0.4) is 0 Å². The summed E-state index contributed by atoms with van der Waals surface area (Å²) in [5.74, 6) is -24.4. The lowest BCUT2D eigenvalue weighted by molar-refractivity contribution is -0.150. The summed E-state index contributed by atoms with van der Waals surface area (Å²) in [6.45, 7) is 25.0. The Morgan fingerprint density at radius 3 is 1.18 bits per heavy atom. The number of unbranched alkanes of at least 4 members (excludes halogenated alkanes) is 4. The van der Waals surface area contributed by atoms with Crippen molar-refractivity contribution < 1.29 is 111 Å². The standard InChI is InChI=1S/C81H140N18O23/c1-17-18-19-20-21-22-48(100)38-64(105)87-54(33-40(2)3)73(113)92-53(27-32-65(106)107)69(109)88-52(26-31-63(85)104)72(112)98-66(45(12)13)79(119)95-58(37-44(10)11)76(116)91-51(25-30-62(84)103)71(111)97-59-39-122-81(121)47(16)86-68(108)49(23-28-60(82)101)89-74(114)55(34-41(4)5)94-77(117)56(35-42(6)7)93-70(110)50(24-29-61(83)102)90-75(115)57(36-43(8)9)96-80(120)67(46(14)15)99-78(59)118/h40-59,66-67,100H,17-39H2,1-16H3,(H2,82,101)(H2,83,102)(H2,84,103)(H2,85,104)(H,86,108)(H,87,105)(H,88,109)(H,89,114)(H,90,115)(H,91,116)(H,92,113)(H,93,110)(H,94,117)(H,95,119)(H,96,120)(H,97,111)(H,98,112)(H,99,118)(H,106,107)/t47-,48+,49+,50+,51-,52+,53+,54-,55-,56-,57+,58+,59+,66+,67+/m0/s1. The molecule has 1 aliphatic rings. The highest BCUT2D eigenvalue weighted by Gasteiger charge is 2.41. The number of aliphatic carboxylic acids is 1. The number of amides is 18. The van der Waals surface area contributed by atoms with Gasteiger partial charge >= 0.3 is 11.9 Å². The zero-order valence-electron chi connectivity index (χ0n) is 73.7. The van der Waals surface area contributed by atoms with Crippen molar-refractivity contribution in [3.63, 3.8) is 0 Å². The van der Waals surface area contributed by atoms with Crippen molar-refractivity contribution >= 4 is 118 Å². The van der Waals surface area contributed by atoms with Crippen molar-refractivity contribution in [2.24, 2.45) is 64.4 Å². The van der Waals surface area contributed by atoms with E-state index in [1.807, 2.05) is 0 Å². The van der Waals surface area contributed by atoms with Gasteiger partial charge in [-0.2, -0.15) is 0 Å². The molecule has 0 unspecified atom stereocenters. The van der Waals surface area contributed by atoms with E-state index >= 15 is 0 Å². The summed E-state index contributed by atoms with van der Waals surface area (Å²) >= 11 is 0. The van der Waals surface area contributed by atoms with E-state index < -0.39 is 298 Å². The Morgan fingerprint density at radius 2 is 0.779 bits per heavy atom. The molecule has 41 nitrogen and oxygen atoms in total. The molecule has 0 bridgehead atoms. The number of aliphatic hydroxyl groups excluding tert-OH is 1. The number of nitrogens with one attached hydrogen (secondary N) is 14. The van der Waals surface area contributed by atoms with Gasteiger partial charge < -0.3 is 112 Å². The second kappa shape index (κ2) is 56.1. The van der Waals surface area contributed by atoms with Crippen molar-refractivity contribution in [3.05, 3.63) is 0 Å². The van der Waals surface area contributed by atoms with Crippen LogP contribution >= 0.6 is 0 Å². The third-order valence-corrected chi connectivity index (χ3v) is 19.5. The van der Waals surface area contributed by atoms with Crippen LogP contribution in [0.25, 0.3) is 0 Å². The Bertz CT molecular complexity index is 3560. The monoisotopic (exact) mass is 1730 g/mol. The highest BCUT2D eigenvalue weighted by Crippen LogP contribution is 2.18. The Kier molecular flexibility index (Phi) is 50.3. The molecule has 0 aromatic heterocycles. The minimum Gasteiger partial charge on any atom is -0.481 e. The number of esters is 1. The lowest BCUT2D eigenvalue weighted by Crippen LogP contribution is -2.62. The molecule has 0 spiro atoms. The lowest BCUT2D eigenvalue weighted by Gasteiger charge is -2.30. The second-order valence-electron chi connectivity index (χ2n) is 34.2. The van der Waals surface area contributed by atoms with Gasteiger partial charge in [0.15, 0.2) is 0 Å². The summed E-state index contributed by atoms with van der Waals surface area (Å²) < 4.78 is 5.57. The molecule has 0 aliphatic carbocycles. The molecule has 18 amide bonds. The molecule has 41 heteroatoms. The second-order valence-corrected chi connectivity index (χ2v) is 34.2. The number of carboxylic acid groups (broad SMARTS) is 1. The van der Waals surface area contributed by atoms with Crippen LogP contribution in [0.4, 0.5) is 0 Å². The molecule has 1 saturated heterocycles. The average molecular weight is 1730 g/mol. The fraction of sp³-hybridized carbons (Fsp3) is 0.753. The summed E-state index contributed by atoms with van der Waals surface area (Å²) in [7, 11) is 0. The van der Waals surface area contributed by atoms with Gasteiger partial charge in [0.1, 0.15) is 91.2 Å². The number of aliphatic hydroxyl groups is 1. The highest BCUT2D eigenvalue weighted by molar-refractivity contribution is 6.01. The lowest BCUT2D eigenvalue weighted by atomic mass is 9.98. The van der Waals surface area contributed by atoms with Crippen molar-refractivity contribution in [2.75, 3.05) is 6.61 Å². The molecule has 1 aliphatic heterocycles. The minimum absolute atomic E-state index is 0.0344. The molecular formula is C81H140N18O23. The Morgan fingerprint density at radius 1 is 0.410 bits per heavy atom. The van der Waals surface area contributed by atoms with Gasteiger partial charge in [-0.25, -0.2) is 4.79 Å². The SMILES string of the molecule is CCCCCCC[C@@H](O)CC(=O)N[C@@H](CC(C)C)C(=O)N[C@H](CCC(=O)O)C(=O)N[C@H](CCC(N)=O)C(=O)N[C@@H](C(=O)N[C@H](CC(C)C)C(=O)N[C@@H](CCC(N)=O)C(=O)N[C@@H]1COC(=O)[C@H](C)NC(=O)[C@@H](CCC(N)=O)NC(=O)[C@H](CC(C)C)NC(=O)[C@H](CC(C)C)NC(=O)[C@@H](CCC(N)=O)NC(=O)[C@@H](CC(C)C)NC(=O)[C@@H](C(C)C)NC1=O)C(C)C. The third-order valence-electron chi connectivity index (χ3n) is 19.5. The summed E-state index contributed by atoms with van der Waals surface area (Å²) in [6.07, 6.45) is -2.42. The zero-order valence-corrected chi connectivity index (χ0v) is 73.7. The van der Waals surface area contributed by atoms with Gasteiger partial charge in [0, 0.05) is 32.1 Å². The van der Waals surface area contributed by atoms with Crippen LogP contribution < -0.4 is 97.4 Å². The summed E-state index contributed by atoms with van der Waals surface area (Å²) in [5, 5.41) is 55.5. The molecular weight excluding hydrogens is 1590 g/mol. The van der Waals surface area contributed by atoms with Crippen molar-refractivity contribution in [2.45, 2.75) is 343 Å². The number of rotatable bonds is 48. The first-order chi connectivity index (χ1) is 56.8. The number of nitrogens with two attached hydrogens (primary N) is 4. The number of cyclic esters (lactones) is 1. The zero-order chi connectivity index (χ0) is 93.1. The molecule has 0 saturated carbocycles. The Balaban J connectivity index is 4.12. The van der Waals surface area contributed by atoms with E-state index in [2.05, 4.69) is 81.4 Å². The number of primary amides is 4. The normalized spacial score (nSPS) is 20.6. The predicted octanol–water partition coefficient (Wildman–Crippen LogP) is -2.07. The van der Waals surface area contributed by atoms with E-state index in [0.29, 0.717) is 12.8 Å². The first-order valence-corrected chi connectivity index (χ1v) is 42.3. The number of carbonyl (C=O) groups excluding carboxylic acids is 19. The summed E-state index contributed by atoms with van der Waals surface area (Å²) in [5.41, 5.74) is 22.1. The maximum atomic E-state index is 14.9. The molecule has 1 fully saturated rings. The summed E-state index contributed by atoms with van der Waals surface area (Å²) in [6, 6.07) is -22.9. The van der Waals surface area contributed by atoms with Gasteiger partial charge in [-0.3, -0.25) is 91.1 Å². The number of ether oxygens (including phenoxy) is 1. The van der Waals surface area contributed by atoms with Gasteiger partial charge in [-0.05, 0) is 119 Å². The number of carbonyl (C=O) groups is 20. The van der Waals surface area contributed by atoms with Crippen LogP contribution in [0.5, 0.6) is 0 Å². The highest BCUT2D eigenvalue weighted by atomic mass is 16.5. The van der Waals surface area contributed by atoms with Gasteiger partial charge in [0.2, 0.25) is 106 Å². The van der Waals surface area contributed by atoms with Crippen molar-refractivity contribution in [3.8, 4) is 0 Å². The van der Waals surface area contributed by atoms with E-state index in [9.17, 15) is 106 Å². The van der Waals surface area contributed by atoms with E-state index in [4.69, 9.17) is 27.7 Å². The van der Waals surface area contributed by atoms with Crippen LogP contribution in [0.1, 0.15) is 252 Å². The van der Waals surface area contributed by atoms with Gasteiger partial charge in [-0.1, -0.05) is 136 Å². The number of carboxylic acids is 1. The largest absolute Gasteiger partial charge is 0.481 e.